The minimum atomic E-state index is -0.984. The highest BCUT2D eigenvalue weighted by Crippen LogP contribution is 2.13. The number of esters is 1. The molecule has 0 aromatic carbocycles. The Bertz CT molecular complexity index is 249. The van der Waals surface area contributed by atoms with E-state index in [-0.39, 0.29) is 6.10 Å². The minimum absolute atomic E-state index is 0.0846. The quantitative estimate of drug-likeness (QED) is 0.611. The Kier molecular flexibility index (Phi) is 5.49. The van der Waals surface area contributed by atoms with Crippen LogP contribution in [0.5, 0.6) is 0 Å². The van der Waals surface area contributed by atoms with Crippen LogP contribution in [0.2, 0.25) is 0 Å². The summed E-state index contributed by atoms with van der Waals surface area (Å²) in [6.45, 7) is 1.86. The lowest BCUT2D eigenvalue weighted by molar-refractivity contribution is -0.142. The van der Waals surface area contributed by atoms with Crippen molar-refractivity contribution in [1.29, 1.82) is 0 Å². The zero-order chi connectivity index (χ0) is 12.0. The first-order valence-corrected chi connectivity index (χ1v) is 5.84. The number of aliphatic hydroxyl groups excluding tert-OH is 2. The molecular weight excluding hydrogens is 208 g/mol. The second-order valence-electron chi connectivity index (χ2n) is 4.30. The number of ether oxygens (including phenoxy) is 1. The van der Waals surface area contributed by atoms with Crippen LogP contribution in [0.15, 0.2) is 12.2 Å². The Morgan fingerprint density at radius 3 is 2.69 bits per heavy atom. The molecule has 0 spiro atoms. The van der Waals surface area contributed by atoms with Crippen LogP contribution >= 0.6 is 0 Å². The Balaban J connectivity index is 2.58. The van der Waals surface area contributed by atoms with Crippen LogP contribution in [0.1, 0.15) is 39.0 Å². The molecule has 1 rings (SSSR count). The summed E-state index contributed by atoms with van der Waals surface area (Å²) < 4.78 is 5.09. The maximum atomic E-state index is 11.3. The lowest BCUT2D eigenvalue weighted by Gasteiger charge is -2.16. The lowest BCUT2D eigenvalue weighted by atomic mass is 10.0. The van der Waals surface area contributed by atoms with E-state index in [0.717, 1.165) is 25.7 Å². The first kappa shape index (κ1) is 13.2. The topological polar surface area (TPSA) is 66.8 Å². The maximum absolute atomic E-state index is 11.3. The average Bonchev–Trinajstić information content (AvgIpc) is 2.23. The van der Waals surface area contributed by atoms with Gasteiger partial charge in [0.15, 0.2) is 0 Å². The molecule has 2 N–H and O–H groups in total. The van der Waals surface area contributed by atoms with Gasteiger partial charge in [-0.05, 0) is 32.3 Å². The standard InChI is InChI=1S/C12H20O4/c1-9-5-3-2-4-6-10(13)11(14)7-8-12(15)16-9/h7-11,13-14H,2-6H2,1H3/b8-7-/t9-,10+,11+/m1/s1. The molecule has 1 heterocycles. The fourth-order valence-electron chi connectivity index (χ4n) is 1.73. The Hall–Kier alpha value is -0.870. The summed E-state index contributed by atoms with van der Waals surface area (Å²) in [5.74, 6) is -0.459. The summed E-state index contributed by atoms with van der Waals surface area (Å²) >= 11 is 0. The highest BCUT2D eigenvalue weighted by Gasteiger charge is 2.15. The molecule has 1 aliphatic rings. The van der Waals surface area contributed by atoms with Crippen LogP contribution in [-0.4, -0.2) is 34.5 Å². The lowest BCUT2D eigenvalue weighted by Crippen LogP contribution is -2.24. The molecule has 92 valence electrons. The fourth-order valence-corrected chi connectivity index (χ4v) is 1.73. The zero-order valence-electron chi connectivity index (χ0n) is 9.63. The summed E-state index contributed by atoms with van der Waals surface area (Å²) in [5.41, 5.74) is 0. The molecule has 0 radical (unpaired) electrons. The van der Waals surface area contributed by atoms with Crippen LogP contribution in [0.3, 0.4) is 0 Å². The number of carbonyl (C=O) groups excluding carboxylic acids is 1. The van der Waals surface area contributed by atoms with E-state index in [4.69, 9.17) is 4.74 Å². The van der Waals surface area contributed by atoms with Gasteiger partial charge in [0.1, 0.15) is 0 Å². The predicted octanol–water partition coefficient (Wildman–Crippen LogP) is 1.16. The van der Waals surface area contributed by atoms with Crippen LogP contribution in [0.4, 0.5) is 0 Å². The van der Waals surface area contributed by atoms with Gasteiger partial charge in [0.2, 0.25) is 0 Å². The first-order valence-electron chi connectivity index (χ1n) is 5.84. The third-order valence-electron chi connectivity index (χ3n) is 2.75. The van der Waals surface area contributed by atoms with Gasteiger partial charge >= 0.3 is 5.97 Å². The van der Waals surface area contributed by atoms with Gasteiger partial charge in [-0.15, -0.1) is 0 Å². The predicted molar refractivity (Wildman–Crippen MR) is 59.8 cm³/mol. The molecule has 0 aromatic heterocycles. The van der Waals surface area contributed by atoms with Gasteiger partial charge in [-0.25, -0.2) is 4.79 Å². The number of hydrogen-bond donors (Lipinski definition) is 2. The normalized spacial score (nSPS) is 35.7. The second-order valence-corrected chi connectivity index (χ2v) is 4.30. The van der Waals surface area contributed by atoms with Gasteiger partial charge in [-0.2, -0.15) is 0 Å². The van der Waals surface area contributed by atoms with Crippen LogP contribution in [-0.2, 0) is 9.53 Å². The maximum Gasteiger partial charge on any atom is 0.330 e. The highest BCUT2D eigenvalue weighted by molar-refractivity contribution is 5.82. The number of carbonyl (C=O) groups is 1. The van der Waals surface area contributed by atoms with Crippen LogP contribution in [0.25, 0.3) is 0 Å². The summed E-state index contributed by atoms with van der Waals surface area (Å²) in [4.78, 5) is 11.3. The number of aliphatic hydroxyl groups is 2. The van der Waals surface area contributed by atoms with E-state index in [1.54, 1.807) is 0 Å². The van der Waals surface area contributed by atoms with Crippen molar-refractivity contribution in [3.05, 3.63) is 12.2 Å². The molecule has 0 fully saturated rings. The molecule has 0 amide bonds. The van der Waals surface area contributed by atoms with E-state index in [2.05, 4.69) is 0 Å². The smallest absolute Gasteiger partial charge is 0.330 e. The van der Waals surface area contributed by atoms with Crippen molar-refractivity contribution in [3.63, 3.8) is 0 Å². The van der Waals surface area contributed by atoms with Gasteiger partial charge in [0.25, 0.3) is 0 Å². The van der Waals surface area contributed by atoms with Gasteiger partial charge in [-0.1, -0.05) is 12.8 Å². The van der Waals surface area contributed by atoms with Gasteiger partial charge in [-0.3, -0.25) is 0 Å². The van der Waals surface area contributed by atoms with Crippen molar-refractivity contribution < 1.29 is 19.7 Å². The van der Waals surface area contributed by atoms with E-state index in [1.165, 1.54) is 12.2 Å². The van der Waals surface area contributed by atoms with Crippen LogP contribution < -0.4 is 0 Å². The van der Waals surface area contributed by atoms with E-state index in [9.17, 15) is 15.0 Å². The summed E-state index contributed by atoms with van der Waals surface area (Å²) in [6, 6.07) is 0. The molecule has 16 heavy (non-hydrogen) atoms. The van der Waals surface area contributed by atoms with Crippen molar-refractivity contribution in [3.8, 4) is 0 Å². The largest absolute Gasteiger partial charge is 0.460 e. The Morgan fingerprint density at radius 2 is 1.94 bits per heavy atom. The average molecular weight is 228 g/mol. The van der Waals surface area contributed by atoms with E-state index < -0.39 is 18.2 Å². The second kappa shape index (κ2) is 6.66. The van der Waals surface area contributed by atoms with Crippen molar-refractivity contribution >= 4 is 5.97 Å². The number of cyclic esters (lactones) is 1. The molecule has 0 aliphatic carbocycles. The molecule has 0 unspecified atom stereocenters. The molecular formula is C12H20O4. The molecule has 1 aliphatic heterocycles. The van der Waals surface area contributed by atoms with Gasteiger partial charge in [0.05, 0.1) is 18.3 Å². The molecule has 4 heteroatoms. The zero-order valence-corrected chi connectivity index (χ0v) is 9.63. The summed E-state index contributed by atoms with van der Waals surface area (Å²) in [5, 5.41) is 19.0. The van der Waals surface area contributed by atoms with E-state index >= 15 is 0 Å². The molecule has 0 saturated heterocycles. The fraction of sp³-hybridized carbons (Fsp3) is 0.750. The minimum Gasteiger partial charge on any atom is -0.460 e. The Morgan fingerprint density at radius 1 is 1.25 bits per heavy atom. The highest BCUT2D eigenvalue weighted by atomic mass is 16.5. The van der Waals surface area contributed by atoms with Crippen molar-refractivity contribution in [2.75, 3.05) is 0 Å². The number of rotatable bonds is 0. The molecule has 0 bridgehead atoms. The molecule has 3 atom stereocenters. The first-order chi connectivity index (χ1) is 7.59. The monoisotopic (exact) mass is 228 g/mol. The van der Waals surface area contributed by atoms with Gasteiger partial charge in [0, 0.05) is 6.08 Å². The van der Waals surface area contributed by atoms with Crippen molar-refractivity contribution in [2.24, 2.45) is 0 Å². The molecule has 0 saturated carbocycles. The third-order valence-corrected chi connectivity index (χ3v) is 2.75. The Labute approximate surface area is 95.9 Å². The SMILES string of the molecule is C[C@@H]1CCCCC[C@H](O)[C@@H](O)/C=C\C(=O)O1. The van der Waals surface area contributed by atoms with Crippen molar-refractivity contribution in [2.45, 2.75) is 57.3 Å². The van der Waals surface area contributed by atoms with Crippen molar-refractivity contribution in [1.82, 2.24) is 0 Å². The molecule has 4 nitrogen and oxygen atoms in total. The van der Waals surface area contributed by atoms with E-state index in [1.807, 2.05) is 6.92 Å². The van der Waals surface area contributed by atoms with Gasteiger partial charge < -0.3 is 14.9 Å². The van der Waals surface area contributed by atoms with E-state index in [0.29, 0.717) is 6.42 Å². The molecule has 0 aromatic rings. The number of hydrogen-bond acceptors (Lipinski definition) is 4. The summed E-state index contributed by atoms with van der Waals surface area (Å²) in [7, 11) is 0. The summed E-state index contributed by atoms with van der Waals surface area (Å²) in [6.07, 6.45) is 4.87. The third kappa shape index (κ3) is 4.77. The van der Waals surface area contributed by atoms with Crippen LogP contribution in [0, 0.1) is 0 Å².